The van der Waals surface area contributed by atoms with Crippen LogP contribution in [0.3, 0.4) is 0 Å². The van der Waals surface area contributed by atoms with Crippen molar-refractivity contribution in [3.8, 4) is 0 Å². The Bertz CT molecular complexity index is 392. The van der Waals surface area contributed by atoms with Crippen molar-refractivity contribution in [1.29, 1.82) is 0 Å². The predicted molar refractivity (Wildman–Crippen MR) is 48.3 cm³/mol. The van der Waals surface area contributed by atoms with Crippen LogP contribution in [-0.4, -0.2) is 29.7 Å². The van der Waals surface area contributed by atoms with E-state index in [-0.39, 0.29) is 0 Å². The van der Waals surface area contributed by atoms with E-state index < -0.39 is 6.10 Å². The van der Waals surface area contributed by atoms with Crippen molar-refractivity contribution in [2.24, 2.45) is 14.1 Å². The van der Waals surface area contributed by atoms with Crippen molar-refractivity contribution in [2.45, 2.75) is 6.10 Å². The van der Waals surface area contributed by atoms with Gasteiger partial charge in [0.2, 0.25) is 0 Å². The zero-order valence-electron chi connectivity index (χ0n) is 7.99. The Labute approximate surface area is 80.8 Å². The summed E-state index contributed by atoms with van der Waals surface area (Å²) in [4.78, 5) is 0. The van der Waals surface area contributed by atoms with Crippen LogP contribution in [0.25, 0.3) is 0 Å². The van der Waals surface area contributed by atoms with Crippen molar-refractivity contribution in [2.75, 3.05) is 0 Å². The summed E-state index contributed by atoms with van der Waals surface area (Å²) in [6.45, 7) is 0. The van der Waals surface area contributed by atoms with Crippen LogP contribution in [0.4, 0.5) is 0 Å². The predicted octanol–water partition coefficient (Wildman–Crippen LogP) is -0.370. The standard InChI is InChI=1S/C8H11N5O/c1-12-5-9-11-8(12)7(14)6-3-4-10-13(6)2/h3-5,7,14H,1-2H3. The molecule has 2 rings (SSSR count). The molecule has 6 nitrogen and oxygen atoms in total. The van der Waals surface area contributed by atoms with E-state index in [0.29, 0.717) is 11.5 Å². The van der Waals surface area contributed by atoms with E-state index in [2.05, 4.69) is 15.3 Å². The Kier molecular flexibility index (Phi) is 2.05. The molecule has 0 saturated carbocycles. The number of nitrogens with zero attached hydrogens (tertiary/aromatic N) is 5. The molecular weight excluding hydrogens is 182 g/mol. The summed E-state index contributed by atoms with van der Waals surface area (Å²) in [5.41, 5.74) is 0.695. The van der Waals surface area contributed by atoms with Gasteiger partial charge in [-0.15, -0.1) is 10.2 Å². The highest BCUT2D eigenvalue weighted by atomic mass is 16.3. The summed E-state index contributed by atoms with van der Waals surface area (Å²) >= 11 is 0. The van der Waals surface area contributed by atoms with E-state index in [1.165, 1.54) is 0 Å². The maximum atomic E-state index is 9.95. The van der Waals surface area contributed by atoms with Gasteiger partial charge in [-0.05, 0) is 6.07 Å². The van der Waals surface area contributed by atoms with Crippen molar-refractivity contribution in [3.05, 3.63) is 30.1 Å². The lowest BCUT2D eigenvalue weighted by Crippen LogP contribution is -2.11. The fourth-order valence-electron chi connectivity index (χ4n) is 1.32. The summed E-state index contributed by atoms with van der Waals surface area (Å²) in [5.74, 6) is 0.508. The lowest BCUT2D eigenvalue weighted by atomic mass is 10.2. The molecule has 0 aliphatic carbocycles. The van der Waals surface area contributed by atoms with E-state index >= 15 is 0 Å². The molecule has 2 heterocycles. The number of aliphatic hydroxyl groups is 1. The van der Waals surface area contributed by atoms with E-state index in [0.717, 1.165) is 0 Å². The molecule has 0 aliphatic rings. The van der Waals surface area contributed by atoms with Gasteiger partial charge in [0.05, 0.1) is 5.69 Å². The second-order valence-corrected chi connectivity index (χ2v) is 3.08. The highest BCUT2D eigenvalue weighted by Crippen LogP contribution is 2.17. The molecule has 0 aromatic carbocycles. The zero-order valence-corrected chi connectivity index (χ0v) is 7.99. The normalized spacial score (nSPS) is 13.1. The summed E-state index contributed by atoms with van der Waals surface area (Å²) in [6, 6.07) is 1.75. The quantitative estimate of drug-likeness (QED) is 0.706. The first kappa shape index (κ1) is 8.89. The molecule has 14 heavy (non-hydrogen) atoms. The third-order valence-electron chi connectivity index (χ3n) is 2.13. The van der Waals surface area contributed by atoms with Gasteiger partial charge in [-0.25, -0.2) is 0 Å². The third kappa shape index (κ3) is 1.29. The Morgan fingerprint density at radius 3 is 2.71 bits per heavy atom. The summed E-state index contributed by atoms with van der Waals surface area (Å²) < 4.78 is 3.29. The van der Waals surface area contributed by atoms with E-state index in [9.17, 15) is 5.11 Å². The van der Waals surface area contributed by atoms with Crippen LogP contribution >= 0.6 is 0 Å². The van der Waals surface area contributed by atoms with Gasteiger partial charge in [0.25, 0.3) is 0 Å². The minimum atomic E-state index is -0.782. The van der Waals surface area contributed by atoms with Gasteiger partial charge in [0, 0.05) is 20.3 Å². The van der Waals surface area contributed by atoms with Gasteiger partial charge >= 0.3 is 0 Å². The van der Waals surface area contributed by atoms with Gasteiger partial charge < -0.3 is 9.67 Å². The zero-order chi connectivity index (χ0) is 10.1. The summed E-state index contributed by atoms with van der Waals surface area (Å²) in [5, 5.41) is 21.5. The molecule has 0 radical (unpaired) electrons. The van der Waals surface area contributed by atoms with Crippen LogP contribution < -0.4 is 0 Å². The minimum Gasteiger partial charge on any atom is -0.379 e. The molecule has 1 unspecified atom stereocenters. The second kappa shape index (κ2) is 3.22. The maximum Gasteiger partial charge on any atom is 0.167 e. The molecule has 1 N–H and O–H groups in total. The number of rotatable bonds is 2. The highest BCUT2D eigenvalue weighted by molar-refractivity contribution is 5.12. The smallest absolute Gasteiger partial charge is 0.167 e. The van der Waals surface area contributed by atoms with Gasteiger partial charge in [-0.3, -0.25) is 4.68 Å². The molecule has 2 aromatic heterocycles. The monoisotopic (exact) mass is 193 g/mol. The van der Waals surface area contributed by atoms with E-state index in [1.54, 1.807) is 41.9 Å². The Morgan fingerprint density at radius 2 is 2.21 bits per heavy atom. The molecule has 0 fully saturated rings. The maximum absolute atomic E-state index is 9.95. The average Bonchev–Trinajstić information content (AvgIpc) is 2.73. The lowest BCUT2D eigenvalue weighted by molar-refractivity contribution is 0.195. The number of aromatic nitrogens is 5. The Morgan fingerprint density at radius 1 is 1.43 bits per heavy atom. The molecule has 74 valence electrons. The third-order valence-corrected chi connectivity index (χ3v) is 2.13. The molecule has 0 amide bonds. The molecule has 6 heteroatoms. The first-order chi connectivity index (χ1) is 6.70. The van der Waals surface area contributed by atoms with Crippen molar-refractivity contribution in [3.63, 3.8) is 0 Å². The first-order valence-corrected chi connectivity index (χ1v) is 4.20. The van der Waals surface area contributed by atoms with Crippen molar-refractivity contribution < 1.29 is 5.11 Å². The number of hydrogen-bond donors (Lipinski definition) is 1. The van der Waals surface area contributed by atoms with Crippen LogP contribution in [-0.2, 0) is 14.1 Å². The fourth-order valence-corrected chi connectivity index (χ4v) is 1.32. The SMILES string of the molecule is Cn1cnnc1C(O)c1ccnn1C. The molecule has 2 aromatic rings. The van der Waals surface area contributed by atoms with Crippen molar-refractivity contribution in [1.82, 2.24) is 24.5 Å². The van der Waals surface area contributed by atoms with Gasteiger partial charge in [-0.2, -0.15) is 5.10 Å². The van der Waals surface area contributed by atoms with Gasteiger partial charge in [0.1, 0.15) is 6.33 Å². The summed E-state index contributed by atoms with van der Waals surface area (Å²) in [6.07, 6.45) is 2.40. The van der Waals surface area contributed by atoms with Crippen molar-refractivity contribution >= 4 is 0 Å². The van der Waals surface area contributed by atoms with E-state index in [1.807, 2.05) is 0 Å². The van der Waals surface area contributed by atoms with Crippen LogP contribution in [0.2, 0.25) is 0 Å². The average molecular weight is 193 g/mol. The lowest BCUT2D eigenvalue weighted by Gasteiger charge is -2.09. The highest BCUT2D eigenvalue weighted by Gasteiger charge is 2.18. The van der Waals surface area contributed by atoms with Gasteiger partial charge in [0.15, 0.2) is 11.9 Å². The number of hydrogen-bond acceptors (Lipinski definition) is 4. The van der Waals surface area contributed by atoms with Crippen LogP contribution in [0.1, 0.15) is 17.6 Å². The van der Waals surface area contributed by atoms with Crippen LogP contribution in [0, 0.1) is 0 Å². The summed E-state index contributed by atoms with van der Waals surface area (Å²) in [7, 11) is 3.56. The van der Waals surface area contributed by atoms with Crippen LogP contribution in [0.15, 0.2) is 18.6 Å². The molecular formula is C8H11N5O. The topological polar surface area (TPSA) is 68.8 Å². The Hall–Kier alpha value is -1.69. The second-order valence-electron chi connectivity index (χ2n) is 3.08. The first-order valence-electron chi connectivity index (χ1n) is 4.20. The largest absolute Gasteiger partial charge is 0.379 e. The minimum absolute atomic E-state index is 0.508. The molecule has 0 saturated heterocycles. The molecule has 0 spiro atoms. The fraction of sp³-hybridized carbons (Fsp3) is 0.375. The molecule has 1 atom stereocenters. The molecule has 0 aliphatic heterocycles. The molecule has 0 bridgehead atoms. The number of aliphatic hydroxyl groups excluding tert-OH is 1. The van der Waals surface area contributed by atoms with Crippen LogP contribution in [0.5, 0.6) is 0 Å². The number of aryl methyl sites for hydroxylation is 2. The Balaban J connectivity index is 2.38. The van der Waals surface area contributed by atoms with Gasteiger partial charge in [-0.1, -0.05) is 0 Å². The van der Waals surface area contributed by atoms with E-state index in [4.69, 9.17) is 0 Å².